The molecule has 0 aromatic heterocycles. The van der Waals surface area contributed by atoms with Crippen LogP contribution in [0.1, 0.15) is 88.7 Å². The van der Waals surface area contributed by atoms with E-state index >= 15 is 0 Å². The van der Waals surface area contributed by atoms with Crippen molar-refractivity contribution in [2.24, 2.45) is 22.7 Å². The number of para-hydroxylation sites is 2. The number of nitrogens with one attached hydrogen (secondary N) is 4. The van der Waals surface area contributed by atoms with Gasteiger partial charge in [-0.3, -0.25) is 20.2 Å². The van der Waals surface area contributed by atoms with Crippen molar-refractivity contribution in [3.05, 3.63) is 120 Å². The Labute approximate surface area is 308 Å². The Bertz CT molecular complexity index is 1670. The van der Waals surface area contributed by atoms with Gasteiger partial charge in [0.2, 0.25) is 11.8 Å². The fourth-order valence-electron chi connectivity index (χ4n) is 9.87. The van der Waals surface area contributed by atoms with Crippen LogP contribution in [0.4, 0.5) is 0 Å². The monoisotopic (exact) mass is 700 g/mol. The van der Waals surface area contributed by atoms with Gasteiger partial charge in [-0.05, 0) is 147 Å². The minimum atomic E-state index is -0.300. The van der Waals surface area contributed by atoms with Crippen LogP contribution in [0.3, 0.4) is 0 Å². The van der Waals surface area contributed by atoms with E-state index in [0.29, 0.717) is 10.8 Å². The van der Waals surface area contributed by atoms with E-state index in [4.69, 9.17) is 9.47 Å². The molecular formula is C44H52N4O4. The Hall–Kier alpha value is -4.66. The van der Waals surface area contributed by atoms with Crippen LogP contribution in [0.25, 0.3) is 0 Å². The Morgan fingerprint density at radius 1 is 0.596 bits per heavy atom. The number of ether oxygens (including phenoxy) is 2. The second kappa shape index (κ2) is 15.9. The molecule has 4 N–H and O–H groups in total. The van der Waals surface area contributed by atoms with Crippen LogP contribution < -0.4 is 30.7 Å². The minimum Gasteiger partial charge on any atom is -0.457 e. The van der Waals surface area contributed by atoms with Gasteiger partial charge in [-0.15, -0.1) is 0 Å². The molecule has 4 aliphatic rings. The fourth-order valence-corrected chi connectivity index (χ4v) is 9.87. The van der Waals surface area contributed by atoms with Crippen LogP contribution in [-0.2, 0) is 9.59 Å². The number of hydrogen-bond acceptors (Lipinski definition) is 6. The zero-order chi connectivity index (χ0) is 36.0. The van der Waals surface area contributed by atoms with E-state index in [1.54, 1.807) is 13.8 Å². The summed E-state index contributed by atoms with van der Waals surface area (Å²) in [7, 11) is 0. The van der Waals surface area contributed by atoms with Crippen LogP contribution in [-0.4, -0.2) is 24.9 Å². The van der Waals surface area contributed by atoms with Crippen LogP contribution in [0.2, 0.25) is 0 Å². The third-order valence-electron chi connectivity index (χ3n) is 11.3. The van der Waals surface area contributed by atoms with Gasteiger partial charge in [0, 0.05) is 13.8 Å². The van der Waals surface area contributed by atoms with Gasteiger partial charge >= 0.3 is 0 Å². The van der Waals surface area contributed by atoms with Crippen molar-refractivity contribution < 1.29 is 19.1 Å². The topological polar surface area (TPSA) is 101 Å². The molecule has 2 amide bonds. The zero-order valence-electron chi connectivity index (χ0n) is 30.4. The maximum absolute atomic E-state index is 12.3. The van der Waals surface area contributed by atoms with Crippen LogP contribution in [0, 0.1) is 22.7 Å². The summed E-state index contributed by atoms with van der Waals surface area (Å²) in [4.78, 5) is 24.6. The first-order valence-electron chi connectivity index (χ1n) is 18.9. The molecule has 0 saturated heterocycles. The van der Waals surface area contributed by atoms with Crippen LogP contribution >= 0.6 is 0 Å². The molecule has 8 rings (SSSR count). The molecule has 8 heteroatoms. The quantitative estimate of drug-likeness (QED) is 0.0873. The lowest BCUT2D eigenvalue weighted by atomic mass is 9.43. The van der Waals surface area contributed by atoms with Gasteiger partial charge in [0.25, 0.3) is 0 Å². The maximum atomic E-state index is 12.3. The third-order valence-corrected chi connectivity index (χ3v) is 11.3. The molecule has 4 aromatic carbocycles. The third kappa shape index (κ3) is 9.03. The van der Waals surface area contributed by atoms with Gasteiger partial charge in [0.1, 0.15) is 35.3 Å². The number of rotatable bonds is 16. The second-order valence-electron chi connectivity index (χ2n) is 15.6. The summed E-state index contributed by atoms with van der Waals surface area (Å²) in [5.41, 5.74) is 2.58. The average molecular weight is 701 g/mol. The van der Waals surface area contributed by atoms with E-state index in [-0.39, 0.29) is 24.1 Å². The highest BCUT2D eigenvalue weighted by molar-refractivity contribution is 5.73. The Kier molecular flexibility index (Phi) is 10.9. The van der Waals surface area contributed by atoms with E-state index in [9.17, 15) is 9.59 Å². The van der Waals surface area contributed by atoms with Gasteiger partial charge in [-0.1, -0.05) is 60.7 Å². The van der Waals surface area contributed by atoms with Crippen molar-refractivity contribution in [1.82, 2.24) is 21.3 Å². The van der Waals surface area contributed by atoms with Gasteiger partial charge < -0.3 is 20.1 Å². The minimum absolute atomic E-state index is 0.0684. The fraction of sp³-hybridized carbons (Fsp3) is 0.409. The summed E-state index contributed by atoms with van der Waals surface area (Å²) in [6, 6.07) is 35.5. The highest BCUT2D eigenvalue weighted by Gasteiger charge is 2.56. The zero-order valence-corrected chi connectivity index (χ0v) is 30.4. The predicted molar refractivity (Wildman–Crippen MR) is 204 cm³/mol. The van der Waals surface area contributed by atoms with E-state index in [1.165, 1.54) is 38.5 Å². The summed E-state index contributed by atoms with van der Waals surface area (Å²) in [5, 5.41) is 13.7. The molecule has 8 nitrogen and oxygen atoms in total. The summed E-state index contributed by atoms with van der Waals surface area (Å²) < 4.78 is 12.2. The molecule has 52 heavy (non-hydrogen) atoms. The molecule has 4 aromatic rings. The van der Waals surface area contributed by atoms with E-state index in [0.717, 1.165) is 71.9 Å². The lowest BCUT2D eigenvalue weighted by Crippen LogP contribution is -2.53. The molecular weight excluding hydrogens is 649 g/mol. The van der Waals surface area contributed by atoms with E-state index in [1.807, 2.05) is 109 Å². The van der Waals surface area contributed by atoms with Crippen molar-refractivity contribution in [1.29, 1.82) is 0 Å². The number of carbonyl (C=O) groups excluding carboxylic acids is 2. The number of benzene rings is 4. The van der Waals surface area contributed by atoms with Crippen molar-refractivity contribution >= 4 is 11.8 Å². The largest absolute Gasteiger partial charge is 0.457 e. The first-order valence-corrected chi connectivity index (χ1v) is 18.9. The molecule has 4 aliphatic carbocycles. The van der Waals surface area contributed by atoms with Gasteiger partial charge in [0.15, 0.2) is 0 Å². The Balaban J connectivity index is 0.982. The Morgan fingerprint density at radius 3 is 1.40 bits per heavy atom. The van der Waals surface area contributed by atoms with Crippen molar-refractivity contribution in [2.75, 3.05) is 13.1 Å². The lowest BCUT2D eigenvalue weighted by molar-refractivity contribution is -0.120. The SMILES string of the molecule is CC(=O)NC(NCCC12CC3CC(C1)CC(CCNC(NC(C)=O)c1cccc(Oc4ccccc4)c1)(C3)C2)c1cccc(Oc2ccccc2)c1. The molecule has 0 radical (unpaired) electrons. The normalized spacial score (nSPS) is 24.1. The van der Waals surface area contributed by atoms with E-state index < -0.39 is 0 Å². The summed E-state index contributed by atoms with van der Waals surface area (Å²) in [6.45, 7) is 4.80. The average Bonchev–Trinajstić information content (AvgIpc) is 3.11. The first-order chi connectivity index (χ1) is 25.2. The van der Waals surface area contributed by atoms with Crippen LogP contribution in [0.15, 0.2) is 109 Å². The molecule has 2 atom stereocenters. The van der Waals surface area contributed by atoms with Gasteiger partial charge in [-0.25, -0.2) is 0 Å². The predicted octanol–water partition coefficient (Wildman–Crippen LogP) is 8.79. The van der Waals surface area contributed by atoms with Crippen molar-refractivity contribution in [3.8, 4) is 23.0 Å². The summed E-state index contributed by atoms with van der Waals surface area (Å²) in [5.74, 6) is 4.46. The molecule has 0 aliphatic heterocycles. The summed E-state index contributed by atoms with van der Waals surface area (Å²) >= 11 is 0. The maximum Gasteiger partial charge on any atom is 0.218 e. The molecule has 2 unspecified atom stereocenters. The van der Waals surface area contributed by atoms with Gasteiger partial charge in [0.05, 0.1) is 0 Å². The second-order valence-corrected chi connectivity index (χ2v) is 15.6. The number of carbonyl (C=O) groups is 2. The summed E-state index contributed by atoms with van der Waals surface area (Å²) in [6.07, 6.45) is 9.38. The number of amides is 2. The van der Waals surface area contributed by atoms with Gasteiger partial charge in [-0.2, -0.15) is 0 Å². The van der Waals surface area contributed by atoms with Crippen molar-refractivity contribution in [2.45, 2.75) is 77.5 Å². The lowest BCUT2D eigenvalue weighted by Gasteiger charge is -2.63. The highest BCUT2D eigenvalue weighted by Crippen LogP contribution is 2.67. The standard InChI is InChI=1S/C44H52N4O4/c1-31(49)47-41(35-11-9-17-39(24-35)51-37-13-5-3-6-14-37)45-21-19-43-26-33-23-34(27-43)29-44(28-33,30-43)20-22-46-42(48-32(2)50)36-12-10-18-40(25-36)52-38-15-7-4-8-16-38/h3-18,24-25,33-34,41-42,45-46H,19-23,26-30H2,1-2H3,(H,47,49)(H,48,50). The molecule has 4 fully saturated rings. The van der Waals surface area contributed by atoms with Crippen molar-refractivity contribution in [3.63, 3.8) is 0 Å². The Morgan fingerprint density at radius 2 is 1.00 bits per heavy atom. The van der Waals surface area contributed by atoms with Crippen LogP contribution in [0.5, 0.6) is 23.0 Å². The highest BCUT2D eigenvalue weighted by atomic mass is 16.5. The molecule has 0 spiro atoms. The first kappa shape index (κ1) is 35.7. The number of hydrogen-bond donors (Lipinski definition) is 4. The van der Waals surface area contributed by atoms with E-state index in [2.05, 4.69) is 21.3 Å². The molecule has 272 valence electrons. The molecule has 4 bridgehead atoms. The molecule has 0 heterocycles. The smallest absolute Gasteiger partial charge is 0.218 e. The molecule has 4 saturated carbocycles.